The third-order valence-corrected chi connectivity index (χ3v) is 5.84. The lowest BCUT2D eigenvalue weighted by molar-refractivity contribution is 0.110. The molecule has 0 aromatic heterocycles. The Balaban J connectivity index is 1.86. The Labute approximate surface area is 156 Å². The van der Waals surface area contributed by atoms with Crippen molar-refractivity contribution < 1.29 is 4.74 Å². The molecule has 124 valence electrons. The normalized spacial score (nSPS) is 23.1. The van der Waals surface area contributed by atoms with Gasteiger partial charge in [-0.25, -0.2) is 0 Å². The molecular formula is C19H19BrN2OS. The van der Waals surface area contributed by atoms with Gasteiger partial charge in [0.25, 0.3) is 0 Å². The number of likely N-dealkylation sites (N-methyl/N-ethyl adjacent to an activating group) is 1. The quantitative estimate of drug-likeness (QED) is 0.775. The van der Waals surface area contributed by atoms with Crippen molar-refractivity contribution in [3.8, 4) is 0 Å². The van der Waals surface area contributed by atoms with Gasteiger partial charge in [-0.1, -0.05) is 46.3 Å². The largest absolute Gasteiger partial charge is 0.376 e. The second kappa shape index (κ2) is 6.14. The smallest absolute Gasteiger partial charge is 0.169 e. The van der Waals surface area contributed by atoms with Crippen molar-refractivity contribution in [1.29, 1.82) is 0 Å². The number of thiocarbonyl (C=S) groups is 1. The summed E-state index contributed by atoms with van der Waals surface area (Å²) in [5, 5.41) is 4.36. The zero-order valence-corrected chi connectivity index (χ0v) is 15.9. The Morgan fingerprint density at radius 2 is 2.00 bits per heavy atom. The van der Waals surface area contributed by atoms with E-state index in [-0.39, 0.29) is 5.54 Å². The molecule has 2 aromatic rings. The van der Waals surface area contributed by atoms with Crippen molar-refractivity contribution >= 4 is 33.3 Å². The molecule has 1 unspecified atom stereocenters. The van der Waals surface area contributed by atoms with Crippen LogP contribution >= 0.6 is 28.1 Å². The average molecular weight is 403 g/mol. The van der Waals surface area contributed by atoms with Gasteiger partial charge in [-0.3, -0.25) is 0 Å². The van der Waals surface area contributed by atoms with Gasteiger partial charge in [0, 0.05) is 11.5 Å². The predicted molar refractivity (Wildman–Crippen MR) is 103 cm³/mol. The fourth-order valence-corrected chi connectivity index (χ4v) is 4.26. The first-order valence-corrected chi connectivity index (χ1v) is 9.28. The molecule has 0 bridgehead atoms. The van der Waals surface area contributed by atoms with Crippen molar-refractivity contribution in [3.05, 3.63) is 69.2 Å². The molecule has 3 nitrogen and oxygen atoms in total. The zero-order valence-electron chi connectivity index (χ0n) is 13.5. The van der Waals surface area contributed by atoms with Crippen LogP contribution in [0.25, 0.3) is 0 Å². The molecule has 0 aliphatic carbocycles. The monoisotopic (exact) mass is 402 g/mol. The summed E-state index contributed by atoms with van der Waals surface area (Å²) in [6.07, 6.45) is 0.991. The van der Waals surface area contributed by atoms with Gasteiger partial charge in [-0.2, -0.15) is 0 Å². The van der Waals surface area contributed by atoms with E-state index in [1.807, 2.05) is 7.05 Å². The van der Waals surface area contributed by atoms with E-state index in [1.54, 1.807) is 0 Å². The van der Waals surface area contributed by atoms with E-state index >= 15 is 0 Å². The molecular weight excluding hydrogens is 384 g/mol. The predicted octanol–water partition coefficient (Wildman–Crippen LogP) is 3.59. The molecule has 2 aliphatic rings. The van der Waals surface area contributed by atoms with Crippen LogP contribution < -0.4 is 5.32 Å². The van der Waals surface area contributed by atoms with Gasteiger partial charge in [0.05, 0.1) is 19.8 Å². The molecule has 24 heavy (non-hydrogen) atoms. The number of nitrogens with zero attached hydrogens (tertiary/aromatic N) is 1. The maximum absolute atomic E-state index is 5.65. The fraction of sp³-hybridized carbons (Fsp3) is 0.316. The van der Waals surface area contributed by atoms with Crippen LogP contribution in [0.5, 0.6) is 0 Å². The van der Waals surface area contributed by atoms with Crippen molar-refractivity contribution in [2.75, 3.05) is 20.2 Å². The summed E-state index contributed by atoms with van der Waals surface area (Å²) < 4.78 is 6.72. The summed E-state index contributed by atoms with van der Waals surface area (Å²) in [6, 6.07) is 15.2. The number of nitrogens with one attached hydrogen (secondary N) is 1. The summed E-state index contributed by atoms with van der Waals surface area (Å²) >= 11 is 9.12. The van der Waals surface area contributed by atoms with Gasteiger partial charge in [0.1, 0.15) is 5.54 Å². The van der Waals surface area contributed by atoms with Crippen LogP contribution in [-0.4, -0.2) is 30.2 Å². The Morgan fingerprint density at radius 3 is 2.75 bits per heavy atom. The van der Waals surface area contributed by atoms with E-state index in [4.69, 9.17) is 17.0 Å². The summed E-state index contributed by atoms with van der Waals surface area (Å²) in [5.41, 5.74) is 4.79. The number of halogens is 1. The van der Waals surface area contributed by atoms with E-state index in [9.17, 15) is 0 Å². The number of benzene rings is 2. The first kappa shape index (κ1) is 16.1. The van der Waals surface area contributed by atoms with Gasteiger partial charge in [-0.05, 0) is 53.0 Å². The van der Waals surface area contributed by atoms with Crippen LogP contribution in [0.3, 0.4) is 0 Å². The van der Waals surface area contributed by atoms with Gasteiger partial charge in [0.2, 0.25) is 0 Å². The standard InChI is InChI=1S/C19H19BrN2OS/c1-22-12-19(21-18(22)24,15-3-2-4-17(20)10-15)16-6-5-13-7-8-23-11-14(13)9-16/h2-6,9-10H,7-8,11-12H2,1H3,(H,21,24). The minimum atomic E-state index is -0.331. The third kappa shape index (κ3) is 2.65. The fourth-order valence-electron chi connectivity index (χ4n) is 3.63. The van der Waals surface area contributed by atoms with Gasteiger partial charge in [0.15, 0.2) is 5.11 Å². The highest BCUT2D eigenvalue weighted by Gasteiger charge is 2.42. The molecule has 1 fully saturated rings. The zero-order chi connectivity index (χ0) is 16.7. The Kier molecular flexibility index (Phi) is 4.11. The van der Waals surface area contributed by atoms with E-state index in [1.165, 1.54) is 22.3 Å². The van der Waals surface area contributed by atoms with Crippen LogP contribution in [0.2, 0.25) is 0 Å². The highest BCUT2D eigenvalue weighted by atomic mass is 79.9. The van der Waals surface area contributed by atoms with E-state index < -0.39 is 0 Å². The molecule has 2 aliphatic heterocycles. The van der Waals surface area contributed by atoms with E-state index in [2.05, 4.69) is 68.6 Å². The number of rotatable bonds is 2. The Bertz CT molecular complexity index is 810. The number of hydrogen-bond acceptors (Lipinski definition) is 2. The summed E-state index contributed by atoms with van der Waals surface area (Å²) in [6.45, 7) is 2.31. The molecule has 0 saturated carbocycles. The molecule has 4 rings (SSSR count). The molecule has 0 spiro atoms. The second-order valence-corrected chi connectivity index (χ2v) is 7.79. The molecule has 2 heterocycles. The molecule has 0 amide bonds. The third-order valence-electron chi connectivity index (χ3n) is 4.93. The number of hydrogen-bond donors (Lipinski definition) is 1. The maximum atomic E-state index is 5.65. The molecule has 5 heteroatoms. The second-order valence-electron chi connectivity index (χ2n) is 6.49. The molecule has 2 aromatic carbocycles. The maximum Gasteiger partial charge on any atom is 0.169 e. The number of fused-ring (bicyclic) bond motifs is 1. The molecule has 0 radical (unpaired) electrons. The number of ether oxygens (including phenoxy) is 1. The lowest BCUT2D eigenvalue weighted by Gasteiger charge is -2.32. The summed E-state index contributed by atoms with van der Waals surface area (Å²) in [5.74, 6) is 0. The topological polar surface area (TPSA) is 24.5 Å². The van der Waals surface area contributed by atoms with Crippen LogP contribution in [0, 0.1) is 0 Å². The van der Waals surface area contributed by atoms with Crippen molar-refractivity contribution in [1.82, 2.24) is 10.2 Å². The first-order valence-electron chi connectivity index (χ1n) is 8.08. The lowest BCUT2D eigenvalue weighted by Crippen LogP contribution is -2.41. The average Bonchev–Trinajstić information content (AvgIpc) is 2.91. The lowest BCUT2D eigenvalue weighted by atomic mass is 9.82. The summed E-state index contributed by atoms with van der Waals surface area (Å²) in [7, 11) is 2.04. The van der Waals surface area contributed by atoms with Crippen LogP contribution in [0.1, 0.15) is 22.3 Å². The minimum Gasteiger partial charge on any atom is -0.376 e. The van der Waals surface area contributed by atoms with Crippen molar-refractivity contribution in [3.63, 3.8) is 0 Å². The van der Waals surface area contributed by atoms with Crippen LogP contribution in [-0.2, 0) is 23.3 Å². The minimum absolute atomic E-state index is 0.331. The Morgan fingerprint density at radius 1 is 1.17 bits per heavy atom. The molecule has 1 N–H and O–H groups in total. The van der Waals surface area contributed by atoms with Crippen LogP contribution in [0.4, 0.5) is 0 Å². The SMILES string of the molecule is CN1CC(c2cccc(Br)c2)(c2ccc3c(c2)COCC3)NC1=S. The van der Waals surface area contributed by atoms with Gasteiger partial charge >= 0.3 is 0 Å². The van der Waals surface area contributed by atoms with Crippen molar-refractivity contribution in [2.24, 2.45) is 0 Å². The van der Waals surface area contributed by atoms with E-state index in [0.717, 1.165) is 29.2 Å². The highest BCUT2D eigenvalue weighted by Crippen LogP contribution is 2.37. The molecule has 1 atom stereocenters. The molecule has 1 saturated heterocycles. The van der Waals surface area contributed by atoms with Crippen molar-refractivity contribution in [2.45, 2.75) is 18.6 Å². The van der Waals surface area contributed by atoms with Crippen LogP contribution in [0.15, 0.2) is 46.9 Å². The first-order chi connectivity index (χ1) is 11.6. The van der Waals surface area contributed by atoms with Gasteiger partial charge < -0.3 is 15.0 Å². The summed E-state index contributed by atoms with van der Waals surface area (Å²) in [4.78, 5) is 2.10. The highest BCUT2D eigenvalue weighted by molar-refractivity contribution is 9.10. The van der Waals surface area contributed by atoms with Gasteiger partial charge in [-0.15, -0.1) is 0 Å². The van der Waals surface area contributed by atoms with E-state index in [0.29, 0.717) is 6.61 Å². The Hall–Kier alpha value is -1.43.